The topological polar surface area (TPSA) is 110 Å². The highest BCUT2D eigenvalue weighted by atomic mass is 35.5. The standard InChI is InChI=1S/C17H15ClN2O5/c1-9-7-12(20(24)25)4-6-15(9)19-16(21)10(2)14-8-11(18)3-5-13(14)17(22)23/h3-8,10H,1-2H3,(H,19,21)(H,22,23). The highest BCUT2D eigenvalue weighted by Gasteiger charge is 2.22. The van der Waals surface area contributed by atoms with Gasteiger partial charge in [-0.05, 0) is 49.2 Å². The summed E-state index contributed by atoms with van der Waals surface area (Å²) in [6, 6.07) is 8.31. The minimum atomic E-state index is -1.15. The van der Waals surface area contributed by atoms with Gasteiger partial charge in [-0.1, -0.05) is 11.6 Å². The smallest absolute Gasteiger partial charge is 0.335 e. The molecule has 0 heterocycles. The molecule has 0 saturated heterocycles. The van der Waals surface area contributed by atoms with Gasteiger partial charge in [0.25, 0.3) is 5.69 Å². The summed E-state index contributed by atoms with van der Waals surface area (Å²) in [5.41, 5.74) is 1.15. The van der Waals surface area contributed by atoms with Crippen LogP contribution >= 0.6 is 11.6 Å². The first-order valence-electron chi connectivity index (χ1n) is 7.29. The van der Waals surface area contributed by atoms with E-state index >= 15 is 0 Å². The minimum absolute atomic E-state index is 0.00697. The van der Waals surface area contributed by atoms with Gasteiger partial charge < -0.3 is 10.4 Å². The van der Waals surface area contributed by atoms with Crippen LogP contribution in [-0.4, -0.2) is 21.9 Å². The van der Waals surface area contributed by atoms with Crippen molar-refractivity contribution in [2.24, 2.45) is 0 Å². The van der Waals surface area contributed by atoms with E-state index in [-0.39, 0.29) is 16.8 Å². The Balaban J connectivity index is 2.28. The number of nitro groups is 1. The molecular weight excluding hydrogens is 348 g/mol. The highest BCUT2D eigenvalue weighted by Crippen LogP contribution is 2.27. The van der Waals surface area contributed by atoms with Crippen LogP contribution in [0.15, 0.2) is 36.4 Å². The molecule has 0 fully saturated rings. The van der Waals surface area contributed by atoms with E-state index in [0.29, 0.717) is 16.3 Å². The van der Waals surface area contributed by atoms with Crippen molar-refractivity contribution in [3.63, 3.8) is 0 Å². The van der Waals surface area contributed by atoms with Crippen LogP contribution in [0, 0.1) is 17.0 Å². The summed E-state index contributed by atoms with van der Waals surface area (Å²) in [5, 5.41) is 23.0. The molecule has 0 radical (unpaired) electrons. The van der Waals surface area contributed by atoms with Crippen LogP contribution in [0.1, 0.15) is 34.3 Å². The van der Waals surface area contributed by atoms with Gasteiger partial charge >= 0.3 is 5.97 Å². The summed E-state index contributed by atoms with van der Waals surface area (Å²) in [6.45, 7) is 3.20. The minimum Gasteiger partial charge on any atom is -0.478 e. The fourth-order valence-electron chi connectivity index (χ4n) is 2.37. The van der Waals surface area contributed by atoms with Crippen molar-refractivity contribution in [1.29, 1.82) is 0 Å². The summed E-state index contributed by atoms with van der Waals surface area (Å²) in [5.74, 6) is -2.38. The number of benzene rings is 2. The molecule has 2 aromatic carbocycles. The predicted octanol–water partition coefficient (Wildman–Crippen LogP) is 4.00. The van der Waals surface area contributed by atoms with E-state index in [1.165, 1.54) is 36.4 Å². The van der Waals surface area contributed by atoms with Crippen molar-refractivity contribution in [2.45, 2.75) is 19.8 Å². The molecule has 0 aromatic heterocycles. The lowest BCUT2D eigenvalue weighted by atomic mass is 9.94. The third kappa shape index (κ3) is 4.13. The second kappa shape index (κ2) is 7.31. The third-order valence-electron chi connectivity index (χ3n) is 3.78. The Morgan fingerprint density at radius 1 is 1.24 bits per heavy atom. The lowest BCUT2D eigenvalue weighted by Crippen LogP contribution is -2.21. The fourth-order valence-corrected chi connectivity index (χ4v) is 2.55. The van der Waals surface area contributed by atoms with Gasteiger partial charge in [-0.15, -0.1) is 0 Å². The maximum Gasteiger partial charge on any atom is 0.335 e. The molecule has 0 aliphatic rings. The quantitative estimate of drug-likeness (QED) is 0.617. The van der Waals surface area contributed by atoms with Crippen molar-refractivity contribution < 1.29 is 19.6 Å². The maximum absolute atomic E-state index is 12.5. The Bertz CT molecular complexity index is 866. The van der Waals surface area contributed by atoms with Crippen molar-refractivity contribution in [3.05, 3.63) is 68.2 Å². The first kappa shape index (κ1) is 18.4. The molecule has 1 atom stereocenters. The summed E-state index contributed by atoms with van der Waals surface area (Å²) >= 11 is 5.91. The Kier molecular flexibility index (Phi) is 5.38. The Labute approximate surface area is 148 Å². The number of hydrogen-bond acceptors (Lipinski definition) is 4. The second-order valence-corrected chi connectivity index (χ2v) is 5.94. The van der Waals surface area contributed by atoms with Gasteiger partial charge in [0.15, 0.2) is 0 Å². The number of anilines is 1. The van der Waals surface area contributed by atoms with Crippen LogP contribution < -0.4 is 5.32 Å². The summed E-state index contributed by atoms with van der Waals surface area (Å²) in [7, 11) is 0. The van der Waals surface area contributed by atoms with Crippen LogP contribution in [-0.2, 0) is 4.79 Å². The van der Waals surface area contributed by atoms with Crippen LogP contribution in [0.3, 0.4) is 0 Å². The number of rotatable bonds is 5. The normalized spacial score (nSPS) is 11.6. The van der Waals surface area contributed by atoms with E-state index in [1.54, 1.807) is 13.8 Å². The molecule has 25 heavy (non-hydrogen) atoms. The average molecular weight is 363 g/mol. The van der Waals surface area contributed by atoms with E-state index in [9.17, 15) is 24.8 Å². The van der Waals surface area contributed by atoms with Crippen LogP contribution in [0.25, 0.3) is 0 Å². The average Bonchev–Trinajstić information content (AvgIpc) is 2.55. The van der Waals surface area contributed by atoms with E-state index in [4.69, 9.17) is 11.6 Å². The number of hydrogen-bond donors (Lipinski definition) is 2. The van der Waals surface area contributed by atoms with Gasteiger partial charge in [0.05, 0.1) is 16.4 Å². The van der Waals surface area contributed by atoms with E-state index in [0.717, 1.165) is 0 Å². The van der Waals surface area contributed by atoms with Gasteiger partial charge in [-0.3, -0.25) is 14.9 Å². The van der Waals surface area contributed by atoms with Gasteiger partial charge in [0.1, 0.15) is 0 Å². The van der Waals surface area contributed by atoms with Crippen LogP contribution in [0.4, 0.5) is 11.4 Å². The number of carboxylic acids is 1. The number of aromatic carboxylic acids is 1. The van der Waals surface area contributed by atoms with Crippen molar-refractivity contribution in [3.8, 4) is 0 Å². The molecule has 0 saturated carbocycles. The molecule has 2 rings (SSSR count). The van der Waals surface area contributed by atoms with Crippen LogP contribution in [0.5, 0.6) is 0 Å². The number of aryl methyl sites for hydroxylation is 1. The zero-order chi connectivity index (χ0) is 18.7. The van der Waals surface area contributed by atoms with E-state index in [2.05, 4.69) is 5.32 Å². The van der Waals surface area contributed by atoms with Gasteiger partial charge in [0.2, 0.25) is 5.91 Å². The molecular formula is C17H15ClN2O5. The molecule has 8 heteroatoms. The van der Waals surface area contributed by atoms with Crippen LogP contribution in [0.2, 0.25) is 5.02 Å². The molecule has 0 aliphatic heterocycles. The van der Waals surface area contributed by atoms with Crippen molar-refractivity contribution in [2.75, 3.05) is 5.32 Å². The molecule has 0 spiro atoms. The SMILES string of the molecule is Cc1cc([N+](=O)[O-])ccc1NC(=O)C(C)c1cc(Cl)ccc1C(=O)O. The van der Waals surface area contributed by atoms with Crippen molar-refractivity contribution >= 4 is 34.9 Å². The van der Waals surface area contributed by atoms with Crippen molar-refractivity contribution in [1.82, 2.24) is 0 Å². The summed E-state index contributed by atoms with van der Waals surface area (Å²) < 4.78 is 0. The molecule has 2 N–H and O–H groups in total. The lowest BCUT2D eigenvalue weighted by Gasteiger charge is -2.16. The number of amides is 1. The van der Waals surface area contributed by atoms with E-state index < -0.39 is 22.7 Å². The lowest BCUT2D eigenvalue weighted by molar-refractivity contribution is -0.384. The largest absolute Gasteiger partial charge is 0.478 e. The summed E-state index contributed by atoms with van der Waals surface area (Å²) in [4.78, 5) is 34.1. The second-order valence-electron chi connectivity index (χ2n) is 5.50. The number of halogens is 1. The number of carboxylic acid groups (broad SMARTS) is 1. The number of carbonyl (C=O) groups excluding carboxylic acids is 1. The molecule has 7 nitrogen and oxygen atoms in total. The Morgan fingerprint density at radius 2 is 1.92 bits per heavy atom. The molecule has 1 unspecified atom stereocenters. The van der Waals surface area contributed by atoms with Gasteiger partial charge in [-0.2, -0.15) is 0 Å². The van der Waals surface area contributed by atoms with Gasteiger partial charge in [0, 0.05) is 22.8 Å². The molecule has 0 bridgehead atoms. The number of nitro benzene ring substituents is 1. The number of nitrogens with zero attached hydrogens (tertiary/aromatic N) is 1. The number of carbonyl (C=O) groups is 2. The zero-order valence-corrected chi connectivity index (χ0v) is 14.2. The first-order chi connectivity index (χ1) is 11.7. The Hall–Kier alpha value is -2.93. The van der Waals surface area contributed by atoms with Gasteiger partial charge in [-0.25, -0.2) is 4.79 Å². The maximum atomic E-state index is 12.5. The molecule has 130 valence electrons. The molecule has 1 amide bonds. The summed E-state index contributed by atoms with van der Waals surface area (Å²) in [6.07, 6.45) is 0. The zero-order valence-electron chi connectivity index (χ0n) is 13.4. The number of nitrogens with one attached hydrogen (secondary N) is 1. The highest BCUT2D eigenvalue weighted by molar-refractivity contribution is 6.30. The number of non-ortho nitro benzene ring substituents is 1. The third-order valence-corrected chi connectivity index (χ3v) is 4.02. The Morgan fingerprint density at radius 3 is 2.48 bits per heavy atom. The predicted molar refractivity (Wildman–Crippen MR) is 93.3 cm³/mol. The first-order valence-corrected chi connectivity index (χ1v) is 7.67. The molecule has 0 aliphatic carbocycles. The fraction of sp³-hybridized carbons (Fsp3) is 0.176. The molecule has 2 aromatic rings. The van der Waals surface area contributed by atoms with E-state index in [1.807, 2.05) is 0 Å². The monoisotopic (exact) mass is 362 g/mol.